The molecule has 0 saturated heterocycles. The molecule has 0 atom stereocenters. The fourth-order valence-electron chi connectivity index (χ4n) is 1.86. The van der Waals surface area contributed by atoms with Gasteiger partial charge in [-0.2, -0.15) is 0 Å². The van der Waals surface area contributed by atoms with E-state index in [0.717, 1.165) is 18.2 Å². The first-order valence-corrected chi connectivity index (χ1v) is 8.20. The van der Waals surface area contributed by atoms with Crippen molar-refractivity contribution in [2.24, 2.45) is 0 Å². The summed E-state index contributed by atoms with van der Waals surface area (Å²) in [6.07, 6.45) is 0.756. The maximum Gasteiger partial charge on any atom is 0.311 e. The van der Waals surface area contributed by atoms with Crippen molar-refractivity contribution < 1.29 is 28.6 Å². The number of carboxylic acids is 1. The molecule has 2 aromatic carbocycles. The molecule has 0 aliphatic heterocycles. The molecule has 5 nitrogen and oxygen atoms in total. The lowest BCUT2D eigenvalue weighted by Crippen LogP contribution is -2.10. The average molecular weight is 383 g/mol. The van der Waals surface area contributed by atoms with Crippen LogP contribution < -0.4 is 9.47 Å². The van der Waals surface area contributed by atoms with E-state index in [1.165, 1.54) is 24.3 Å². The molecule has 0 saturated carbocycles. The fourth-order valence-corrected chi connectivity index (χ4v) is 2.09. The number of hydrogen-bond acceptors (Lipinski definition) is 4. The number of aryl methyl sites for hydroxylation is 1. The number of benzene rings is 2. The highest BCUT2D eigenvalue weighted by Crippen LogP contribution is 2.22. The van der Waals surface area contributed by atoms with Gasteiger partial charge in [0.05, 0.1) is 6.61 Å². The topological polar surface area (TPSA) is 72.8 Å². The Balaban J connectivity index is 0.000000765. The van der Waals surface area contributed by atoms with Gasteiger partial charge in [0, 0.05) is 18.4 Å². The van der Waals surface area contributed by atoms with E-state index < -0.39 is 5.97 Å². The first-order chi connectivity index (χ1) is 12.3. The SMILES string of the molecule is CC(=O)O.Cc1cc(Cl)ccc1OCCCC(=O)Oc1ccc(F)cc1. The number of rotatable bonds is 6. The van der Waals surface area contributed by atoms with Gasteiger partial charge in [-0.25, -0.2) is 4.39 Å². The van der Waals surface area contributed by atoms with Crippen LogP contribution in [0, 0.1) is 12.7 Å². The molecule has 1 N–H and O–H groups in total. The lowest BCUT2D eigenvalue weighted by molar-refractivity contribution is -0.135. The minimum atomic E-state index is -0.833. The molecule has 7 heteroatoms. The minimum Gasteiger partial charge on any atom is -0.493 e. The Labute approximate surface area is 156 Å². The van der Waals surface area contributed by atoms with E-state index in [1.54, 1.807) is 12.1 Å². The Morgan fingerprint density at radius 1 is 1.15 bits per heavy atom. The van der Waals surface area contributed by atoms with Crippen LogP contribution in [0.4, 0.5) is 4.39 Å². The predicted molar refractivity (Wildman–Crippen MR) is 96.3 cm³/mol. The maximum absolute atomic E-state index is 12.7. The van der Waals surface area contributed by atoms with Gasteiger partial charge in [-0.1, -0.05) is 11.6 Å². The molecule has 0 aliphatic rings. The fraction of sp³-hybridized carbons (Fsp3) is 0.263. The lowest BCUT2D eigenvalue weighted by atomic mass is 10.2. The highest BCUT2D eigenvalue weighted by atomic mass is 35.5. The summed E-state index contributed by atoms with van der Waals surface area (Å²) in [6, 6.07) is 10.7. The normalized spacial score (nSPS) is 9.69. The molecule has 2 rings (SSSR count). The summed E-state index contributed by atoms with van der Waals surface area (Å²) in [7, 11) is 0. The molecular formula is C19H20ClFO5. The third kappa shape index (κ3) is 9.03. The van der Waals surface area contributed by atoms with Gasteiger partial charge >= 0.3 is 5.97 Å². The number of carbonyl (C=O) groups is 2. The third-order valence-electron chi connectivity index (χ3n) is 2.97. The predicted octanol–water partition coefficient (Wildman–Crippen LogP) is 4.64. The van der Waals surface area contributed by atoms with Crippen LogP contribution >= 0.6 is 11.6 Å². The molecule has 2 aromatic rings. The lowest BCUT2D eigenvalue weighted by Gasteiger charge is -2.09. The summed E-state index contributed by atoms with van der Waals surface area (Å²) in [5.41, 5.74) is 0.946. The van der Waals surface area contributed by atoms with Crippen LogP contribution in [-0.2, 0) is 9.59 Å². The summed E-state index contributed by atoms with van der Waals surface area (Å²) in [5, 5.41) is 8.08. The zero-order chi connectivity index (χ0) is 19.5. The number of hydrogen-bond donors (Lipinski definition) is 1. The summed E-state index contributed by atoms with van der Waals surface area (Å²) in [5.74, 6) is -0.494. The molecule has 0 radical (unpaired) electrons. The molecule has 0 aromatic heterocycles. The number of carbonyl (C=O) groups excluding carboxylic acids is 1. The number of halogens is 2. The van der Waals surface area contributed by atoms with E-state index in [1.807, 2.05) is 13.0 Å². The molecule has 0 aliphatic carbocycles. The van der Waals surface area contributed by atoms with Gasteiger partial charge in [-0.05, 0) is 61.4 Å². The molecule has 26 heavy (non-hydrogen) atoms. The quantitative estimate of drug-likeness (QED) is 0.447. The Kier molecular flexibility index (Phi) is 9.15. The van der Waals surface area contributed by atoms with Crippen LogP contribution in [0.15, 0.2) is 42.5 Å². The molecule has 0 amide bonds. The highest BCUT2D eigenvalue weighted by Gasteiger charge is 2.06. The zero-order valence-corrected chi connectivity index (χ0v) is 15.3. The molecule has 0 unspecified atom stereocenters. The van der Waals surface area contributed by atoms with Crippen molar-refractivity contribution in [1.29, 1.82) is 0 Å². The Morgan fingerprint density at radius 3 is 2.35 bits per heavy atom. The van der Waals surface area contributed by atoms with E-state index in [9.17, 15) is 9.18 Å². The van der Waals surface area contributed by atoms with Crippen LogP contribution in [-0.4, -0.2) is 23.7 Å². The molecule has 0 fully saturated rings. The average Bonchev–Trinajstić information content (AvgIpc) is 2.55. The second kappa shape index (κ2) is 11.1. The van der Waals surface area contributed by atoms with Crippen molar-refractivity contribution in [3.8, 4) is 11.5 Å². The van der Waals surface area contributed by atoms with Gasteiger partial charge in [0.15, 0.2) is 0 Å². The van der Waals surface area contributed by atoms with Gasteiger partial charge in [0.25, 0.3) is 5.97 Å². The number of ether oxygens (including phenoxy) is 2. The van der Waals surface area contributed by atoms with Crippen LogP contribution in [0.2, 0.25) is 5.02 Å². The smallest absolute Gasteiger partial charge is 0.311 e. The second-order valence-corrected chi connectivity index (χ2v) is 5.75. The van der Waals surface area contributed by atoms with E-state index in [0.29, 0.717) is 23.8 Å². The van der Waals surface area contributed by atoms with Gasteiger partial charge < -0.3 is 14.6 Å². The highest BCUT2D eigenvalue weighted by molar-refractivity contribution is 6.30. The van der Waals surface area contributed by atoms with Gasteiger partial charge in [-0.3, -0.25) is 9.59 Å². The number of aliphatic carboxylic acids is 1. The Morgan fingerprint density at radius 2 is 1.77 bits per heavy atom. The van der Waals surface area contributed by atoms with E-state index in [2.05, 4.69) is 0 Å². The molecule has 0 spiro atoms. The van der Waals surface area contributed by atoms with Crippen molar-refractivity contribution in [3.05, 3.63) is 58.9 Å². The van der Waals surface area contributed by atoms with Gasteiger partial charge in [0.1, 0.15) is 17.3 Å². The zero-order valence-electron chi connectivity index (χ0n) is 14.5. The van der Waals surface area contributed by atoms with Crippen LogP contribution in [0.3, 0.4) is 0 Å². The summed E-state index contributed by atoms with van der Waals surface area (Å²) < 4.78 is 23.4. The van der Waals surface area contributed by atoms with Crippen LogP contribution in [0.25, 0.3) is 0 Å². The summed E-state index contributed by atoms with van der Waals surface area (Å²) >= 11 is 5.87. The number of carboxylic acid groups (broad SMARTS) is 1. The largest absolute Gasteiger partial charge is 0.493 e. The van der Waals surface area contributed by atoms with Crippen molar-refractivity contribution in [3.63, 3.8) is 0 Å². The van der Waals surface area contributed by atoms with Gasteiger partial charge in [-0.15, -0.1) is 0 Å². The molecule has 0 bridgehead atoms. The third-order valence-corrected chi connectivity index (χ3v) is 3.20. The minimum absolute atomic E-state index is 0.226. The molecular weight excluding hydrogens is 363 g/mol. The van der Waals surface area contributed by atoms with Crippen molar-refractivity contribution >= 4 is 23.5 Å². The maximum atomic E-state index is 12.7. The van der Waals surface area contributed by atoms with Crippen LogP contribution in [0.5, 0.6) is 11.5 Å². The summed E-state index contributed by atoms with van der Waals surface area (Å²) in [4.78, 5) is 20.6. The standard InChI is InChI=1S/C17H16ClFO3.C2H4O2/c1-12-11-13(18)4-9-16(12)21-10-2-3-17(20)22-15-7-5-14(19)6-8-15;1-2(3)4/h4-9,11H,2-3,10H2,1H3;1H3,(H,3,4). The summed E-state index contributed by atoms with van der Waals surface area (Å²) in [6.45, 7) is 3.39. The first kappa shape index (κ1) is 21.4. The van der Waals surface area contributed by atoms with Crippen LogP contribution in [0.1, 0.15) is 25.3 Å². The monoisotopic (exact) mass is 382 g/mol. The Bertz CT molecular complexity index is 727. The Hall–Kier alpha value is -2.60. The van der Waals surface area contributed by atoms with Crippen molar-refractivity contribution in [1.82, 2.24) is 0 Å². The van der Waals surface area contributed by atoms with Crippen molar-refractivity contribution in [2.75, 3.05) is 6.61 Å². The first-order valence-electron chi connectivity index (χ1n) is 7.82. The van der Waals surface area contributed by atoms with Crippen molar-refractivity contribution in [2.45, 2.75) is 26.7 Å². The van der Waals surface area contributed by atoms with Gasteiger partial charge in [0.2, 0.25) is 0 Å². The van der Waals surface area contributed by atoms with E-state index in [-0.39, 0.29) is 18.2 Å². The van der Waals surface area contributed by atoms with E-state index in [4.69, 9.17) is 31.0 Å². The number of esters is 1. The molecule has 140 valence electrons. The second-order valence-electron chi connectivity index (χ2n) is 5.31. The van der Waals surface area contributed by atoms with E-state index >= 15 is 0 Å². The molecule has 0 heterocycles.